The monoisotopic (exact) mass is 510 g/mol. The Balaban J connectivity index is 0.00000300. The first-order chi connectivity index (χ1) is 13.7. The van der Waals surface area contributed by atoms with Gasteiger partial charge in [-0.2, -0.15) is 5.10 Å². The number of rotatable bonds is 9. The molecule has 8 nitrogen and oxygen atoms in total. The van der Waals surface area contributed by atoms with Gasteiger partial charge in [-0.15, -0.1) is 24.0 Å². The number of nitrogens with zero attached hydrogens (tertiary/aromatic N) is 4. The van der Waals surface area contributed by atoms with Gasteiger partial charge in [0.2, 0.25) is 0 Å². The van der Waals surface area contributed by atoms with Gasteiger partial charge < -0.3 is 19.8 Å². The van der Waals surface area contributed by atoms with Crippen LogP contribution in [0.4, 0.5) is 0 Å². The van der Waals surface area contributed by atoms with Crippen molar-refractivity contribution in [3.63, 3.8) is 0 Å². The maximum absolute atomic E-state index is 5.38. The highest BCUT2D eigenvalue weighted by atomic mass is 127. The maximum atomic E-state index is 5.38. The number of methoxy groups -OCH3 is 1. The number of guanidine groups is 1. The molecule has 3 rings (SSSR count). The molecule has 0 radical (unpaired) electrons. The van der Waals surface area contributed by atoms with Gasteiger partial charge >= 0.3 is 0 Å². The summed E-state index contributed by atoms with van der Waals surface area (Å²) >= 11 is 0. The molecule has 2 heterocycles. The zero-order valence-electron chi connectivity index (χ0n) is 16.7. The number of nitrogens with one attached hydrogen (secondary N) is 2. The molecule has 0 saturated heterocycles. The Labute approximate surface area is 187 Å². The molecule has 29 heavy (non-hydrogen) atoms. The van der Waals surface area contributed by atoms with Crippen LogP contribution >= 0.6 is 24.0 Å². The molecule has 156 valence electrons. The molecule has 0 saturated carbocycles. The number of aryl methyl sites for hydroxylation is 1. The van der Waals surface area contributed by atoms with Gasteiger partial charge in [0, 0.05) is 26.6 Å². The van der Waals surface area contributed by atoms with Crippen LogP contribution in [0.15, 0.2) is 58.4 Å². The Kier molecular flexibility index (Phi) is 9.48. The number of aliphatic imine (C=N–C) groups is 1. The van der Waals surface area contributed by atoms with Crippen LogP contribution in [0, 0.1) is 0 Å². The van der Waals surface area contributed by atoms with Crippen molar-refractivity contribution >= 4 is 29.9 Å². The molecule has 0 fully saturated rings. The van der Waals surface area contributed by atoms with Gasteiger partial charge in [-0.05, 0) is 36.2 Å². The van der Waals surface area contributed by atoms with E-state index in [0.29, 0.717) is 6.54 Å². The lowest BCUT2D eigenvalue weighted by molar-refractivity contribution is 0.414. The van der Waals surface area contributed by atoms with E-state index in [1.165, 1.54) is 11.9 Å². The van der Waals surface area contributed by atoms with E-state index in [0.717, 1.165) is 49.2 Å². The molecule has 1 aromatic carbocycles. The molecule has 9 heteroatoms. The van der Waals surface area contributed by atoms with Crippen LogP contribution in [0.2, 0.25) is 0 Å². The summed E-state index contributed by atoms with van der Waals surface area (Å²) in [5, 5.41) is 10.8. The van der Waals surface area contributed by atoms with Crippen molar-refractivity contribution in [2.24, 2.45) is 12.0 Å². The first kappa shape index (κ1) is 22.7. The number of halogens is 1. The second-order valence-electron chi connectivity index (χ2n) is 6.25. The molecule has 0 aliphatic carbocycles. The van der Waals surface area contributed by atoms with Crippen LogP contribution < -0.4 is 15.4 Å². The lowest BCUT2D eigenvalue weighted by Crippen LogP contribution is -2.39. The zero-order valence-corrected chi connectivity index (χ0v) is 19.0. The number of furan rings is 1. The quantitative estimate of drug-likeness (QED) is 0.261. The van der Waals surface area contributed by atoms with Crippen molar-refractivity contribution in [1.82, 2.24) is 25.4 Å². The van der Waals surface area contributed by atoms with Crippen LogP contribution in [0.1, 0.15) is 17.1 Å². The summed E-state index contributed by atoms with van der Waals surface area (Å²) in [6.07, 6.45) is 4.89. The predicted molar refractivity (Wildman–Crippen MR) is 123 cm³/mol. The maximum Gasteiger partial charge on any atom is 0.191 e. The molecule has 0 unspecified atom stereocenters. The van der Waals surface area contributed by atoms with Crippen molar-refractivity contribution in [2.45, 2.75) is 19.4 Å². The number of benzene rings is 1. The smallest absolute Gasteiger partial charge is 0.191 e. The fourth-order valence-corrected chi connectivity index (χ4v) is 2.66. The van der Waals surface area contributed by atoms with E-state index in [-0.39, 0.29) is 24.0 Å². The molecular formula is C20H27IN6O2. The highest BCUT2D eigenvalue weighted by Gasteiger charge is 2.04. The third-order valence-electron chi connectivity index (χ3n) is 4.29. The molecule has 3 aromatic rings. The predicted octanol–water partition coefficient (Wildman–Crippen LogP) is 2.56. The summed E-state index contributed by atoms with van der Waals surface area (Å²) in [6.45, 7) is 1.94. The molecule has 0 bridgehead atoms. The third-order valence-corrected chi connectivity index (χ3v) is 4.29. The molecule has 2 N–H and O–H groups in total. The number of aromatic nitrogens is 3. The van der Waals surface area contributed by atoms with Gasteiger partial charge in [-0.25, -0.2) is 9.98 Å². The number of hydrogen-bond acceptors (Lipinski definition) is 5. The lowest BCUT2D eigenvalue weighted by atomic mass is 10.1. The zero-order chi connectivity index (χ0) is 19.6. The normalized spacial score (nSPS) is 11.0. The highest BCUT2D eigenvalue weighted by Crippen LogP contribution is 2.11. The van der Waals surface area contributed by atoms with Crippen LogP contribution in [0.25, 0.3) is 0 Å². The van der Waals surface area contributed by atoms with Gasteiger partial charge in [-0.1, -0.05) is 12.1 Å². The summed E-state index contributed by atoms with van der Waals surface area (Å²) in [7, 11) is 3.53. The van der Waals surface area contributed by atoms with Gasteiger partial charge in [0.1, 0.15) is 30.2 Å². The summed E-state index contributed by atoms with van der Waals surface area (Å²) in [5.41, 5.74) is 1.23. The molecule has 0 aliphatic rings. The Morgan fingerprint density at radius 2 is 1.90 bits per heavy atom. The summed E-state index contributed by atoms with van der Waals surface area (Å²) in [4.78, 5) is 8.84. The highest BCUT2D eigenvalue weighted by molar-refractivity contribution is 14.0. The molecule has 0 atom stereocenters. The van der Waals surface area contributed by atoms with Crippen LogP contribution in [0.5, 0.6) is 5.75 Å². The minimum Gasteiger partial charge on any atom is -0.497 e. The second-order valence-corrected chi connectivity index (χ2v) is 6.25. The number of hydrogen-bond donors (Lipinski definition) is 2. The lowest BCUT2D eigenvalue weighted by Gasteiger charge is -2.12. The summed E-state index contributed by atoms with van der Waals surface area (Å²) in [6, 6.07) is 11.9. The van der Waals surface area contributed by atoms with E-state index in [9.17, 15) is 0 Å². The topological polar surface area (TPSA) is 89.5 Å². The second kappa shape index (κ2) is 12.1. The molecular weight excluding hydrogens is 483 g/mol. The molecule has 0 aliphatic heterocycles. The van der Waals surface area contributed by atoms with Crippen molar-refractivity contribution in [1.29, 1.82) is 0 Å². The van der Waals surface area contributed by atoms with E-state index < -0.39 is 0 Å². The van der Waals surface area contributed by atoms with Gasteiger partial charge in [0.25, 0.3) is 0 Å². The van der Waals surface area contributed by atoms with E-state index in [4.69, 9.17) is 9.15 Å². The van der Waals surface area contributed by atoms with Gasteiger partial charge in [-0.3, -0.25) is 4.68 Å². The molecule has 0 spiro atoms. The summed E-state index contributed by atoms with van der Waals surface area (Å²) < 4.78 is 12.3. The average Bonchev–Trinajstić information content (AvgIpc) is 3.38. The van der Waals surface area contributed by atoms with E-state index >= 15 is 0 Å². The van der Waals surface area contributed by atoms with E-state index in [1.807, 2.05) is 31.3 Å². The minimum atomic E-state index is 0. The number of ether oxygens (including phenoxy) is 1. The Morgan fingerprint density at radius 1 is 1.14 bits per heavy atom. The van der Waals surface area contributed by atoms with Gasteiger partial charge in [0.05, 0.1) is 13.4 Å². The molecule has 2 aromatic heterocycles. The standard InChI is InChI=1S/C20H26N6O2.HI/c1-26-19(24-15-25-26)14-23-20(22-12-10-18-4-3-13-28-18)21-11-9-16-5-7-17(27-2)8-6-16;/h3-8,13,15H,9-12,14H2,1-2H3,(H2,21,22,23);1H. The first-order valence-corrected chi connectivity index (χ1v) is 9.25. The SMILES string of the molecule is COc1ccc(CCNC(=NCc2ncnn2C)NCCc2ccco2)cc1.I. The van der Waals surface area contributed by atoms with Crippen LogP contribution in [-0.4, -0.2) is 40.9 Å². The largest absolute Gasteiger partial charge is 0.497 e. The van der Waals surface area contributed by atoms with Gasteiger partial charge in [0.15, 0.2) is 5.96 Å². The van der Waals surface area contributed by atoms with Crippen LogP contribution in [0.3, 0.4) is 0 Å². The average molecular weight is 510 g/mol. The fraction of sp³-hybridized carbons (Fsp3) is 0.350. The minimum absolute atomic E-state index is 0. The first-order valence-electron chi connectivity index (χ1n) is 9.25. The Hall–Kier alpha value is -2.56. The van der Waals surface area contributed by atoms with E-state index in [2.05, 4.69) is 37.8 Å². The van der Waals surface area contributed by atoms with Crippen molar-refractivity contribution in [3.8, 4) is 5.75 Å². The Morgan fingerprint density at radius 3 is 2.52 bits per heavy atom. The molecule has 0 amide bonds. The summed E-state index contributed by atoms with van der Waals surface area (Å²) in [5.74, 6) is 3.35. The van der Waals surface area contributed by atoms with Crippen molar-refractivity contribution < 1.29 is 9.15 Å². The third kappa shape index (κ3) is 7.41. The fourth-order valence-electron chi connectivity index (χ4n) is 2.66. The van der Waals surface area contributed by atoms with Crippen LogP contribution in [-0.2, 0) is 26.4 Å². The Bertz CT molecular complexity index is 861. The van der Waals surface area contributed by atoms with E-state index in [1.54, 1.807) is 18.1 Å². The van der Waals surface area contributed by atoms with Crippen molar-refractivity contribution in [2.75, 3.05) is 20.2 Å². The van der Waals surface area contributed by atoms with Crippen molar-refractivity contribution in [3.05, 3.63) is 66.1 Å².